The molecule has 82 valence electrons. The number of ether oxygens (including phenoxy) is 1. The van der Waals surface area contributed by atoms with Crippen LogP contribution in [-0.4, -0.2) is 18.2 Å². The molecule has 0 aliphatic heterocycles. The monoisotopic (exact) mass is 280 g/mol. The van der Waals surface area contributed by atoms with E-state index in [1.165, 1.54) is 0 Å². The summed E-state index contributed by atoms with van der Waals surface area (Å²) in [4.78, 5) is 10.9. The van der Waals surface area contributed by atoms with Crippen molar-refractivity contribution in [3.05, 3.63) is 33.8 Å². The average Bonchev–Trinajstić information content (AvgIpc) is 2.21. The van der Waals surface area contributed by atoms with Gasteiger partial charge in [0.25, 0.3) is 0 Å². The molecule has 1 aromatic rings. The Balaban J connectivity index is 3.14. The quantitative estimate of drug-likeness (QED) is 0.665. The van der Waals surface area contributed by atoms with Gasteiger partial charge in [0.1, 0.15) is 11.6 Å². The first-order chi connectivity index (χ1) is 6.97. The molecule has 6 heteroatoms. The number of carbonyl (C=O) groups excluding carboxylic acids is 1. The summed E-state index contributed by atoms with van der Waals surface area (Å²) in [6.07, 6.45) is -1.76. The lowest BCUT2D eigenvalue weighted by Gasteiger charge is -2.10. The summed E-state index contributed by atoms with van der Waals surface area (Å²) in [5, 5.41) is 9.33. The number of aliphatic hydroxyl groups excluding tert-OH is 1. The molecule has 0 saturated heterocycles. The molecule has 1 aromatic carbocycles. The molecule has 0 radical (unpaired) electrons. The van der Waals surface area contributed by atoms with E-state index in [0.717, 1.165) is 13.2 Å². The molecule has 1 atom stereocenters. The summed E-state index contributed by atoms with van der Waals surface area (Å²) < 4.78 is 30.2. The molecule has 0 spiro atoms. The molecule has 0 fully saturated rings. The van der Waals surface area contributed by atoms with Crippen molar-refractivity contribution in [1.29, 1.82) is 0 Å². The van der Waals surface area contributed by atoms with E-state index in [2.05, 4.69) is 20.7 Å². The Bertz CT molecular complexity index is 395. The third-order valence-corrected chi connectivity index (χ3v) is 2.37. The average molecular weight is 281 g/mol. The maximum Gasteiger partial charge on any atom is 0.339 e. The van der Waals surface area contributed by atoms with E-state index >= 15 is 0 Å². The van der Waals surface area contributed by atoms with Gasteiger partial charge in [0.2, 0.25) is 0 Å². The molecule has 1 unspecified atom stereocenters. The second kappa shape index (κ2) is 4.67. The highest BCUT2D eigenvalue weighted by Gasteiger charge is 2.22. The fourth-order valence-electron chi connectivity index (χ4n) is 0.986. The first-order valence-electron chi connectivity index (χ1n) is 3.87. The minimum absolute atomic E-state index is 0.0400. The molecule has 3 nitrogen and oxygen atoms in total. The SMILES string of the molecule is COC(=O)C(O)c1cc(Br)c(F)cc1F. The number of esters is 1. The molecule has 0 amide bonds. The number of hydrogen-bond donors (Lipinski definition) is 1. The van der Waals surface area contributed by atoms with E-state index in [1.54, 1.807) is 0 Å². The molecule has 0 aliphatic carbocycles. The number of methoxy groups -OCH3 is 1. The molecule has 0 bridgehead atoms. The normalized spacial score (nSPS) is 12.3. The molecule has 1 N–H and O–H groups in total. The van der Waals surface area contributed by atoms with Gasteiger partial charge in [-0.25, -0.2) is 13.6 Å². The lowest BCUT2D eigenvalue weighted by molar-refractivity contribution is -0.150. The number of carbonyl (C=O) groups is 1. The lowest BCUT2D eigenvalue weighted by Crippen LogP contribution is -2.15. The van der Waals surface area contributed by atoms with Gasteiger partial charge in [0, 0.05) is 11.6 Å². The number of aliphatic hydroxyl groups is 1. The largest absolute Gasteiger partial charge is 0.467 e. The van der Waals surface area contributed by atoms with E-state index in [9.17, 15) is 18.7 Å². The van der Waals surface area contributed by atoms with Gasteiger partial charge in [-0.05, 0) is 22.0 Å². The Hall–Kier alpha value is -1.01. The van der Waals surface area contributed by atoms with Crippen LogP contribution in [0.5, 0.6) is 0 Å². The Kier molecular flexibility index (Phi) is 3.76. The topological polar surface area (TPSA) is 46.5 Å². The highest BCUT2D eigenvalue weighted by Crippen LogP contribution is 2.25. The Morgan fingerprint density at radius 3 is 2.60 bits per heavy atom. The first kappa shape index (κ1) is 12.1. The van der Waals surface area contributed by atoms with Gasteiger partial charge in [0.05, 0.1) is 11.6 Å². The van der Waals surface area contributed by atoms with E-state index in [4.69, 9.17) is 0 Å². The minimum Gasteiger partial charge on any atom is -0.467 e. The molecule has 0 saturated carbocycles. The van der Waals surface area contributed by atoms with Gasteiger partial charge in [0.15, 0.2) is 6.10 Å². The van der Waals surface area contributed by atoms with Gasteiger partial charge in [-0.3, -0.25) is 0 Å². The van der Waals surface area contributed by atoms with Crippen molar-refractivity contribution in [2.75, 3.05) is 7.11 Å². The van der Waals surface area contributed by atoms with Crippen LogP contribution in [0, 0.1) is 11.6 Å². The van der Waals surface area contributed by atoms with Gasteiger partial charge >= 0.3 is 5.97 Å². The zero-order chi connectivity index (χ0) is 11.6. The van der Waals surface area contributed by atoms with Gasteiger partial charge in [-0.15, -0.1) is 0 Å². The zero-order valence-electron chi connectivity index (χ0n) is 7.63. The fraction of sp³-hybridized carbons (Fsp3) is 0.222. The smallest absolute Gasteiger partial charge is 0.339 e. The molecular formula is C9H7BrF2O3. The minimum atomic E-state index is -1.76. The van der Waals surface area contributed by atoms with Crippen molar-refractivity contribution < 1.29 is 23.4 Å². The van der Waals surface area contributed by atoms with Crippen LogP contribution in [-0.2, 0) is 9.53 Å². The van der Waals surface area contributed by atoms with Crippen LogP contribution in [0.3, 0.4) is 0 Å². The maximum absolute atomic E-state index is 13.1. The summed E-state index contributed by atoms with van der Waals surface area (Å²) in [7, 11) is 1.06. The molecule has 1 rings (SSSR count). The number of benzene rings is 1. The summed E-state index contributed by atoms with van der Waals surface area (Å²) in [6.45, 7) is 0. The van der Waals surface area contributed by atoms with Gasteiger partial charge < -0.3 is 9.84 Å². The third kappa shape index (κ3) is 2.51. The van der Waals surface area contributed by atoms with Crippen LogP contribution in [0.15, 0.2) is 16.6 Å². The molecule has 15 heavy (non-hydrogen) atoms. The summed E-state index contributed by atoms with van der Waals surface area (Å²) in [5.41, 5.74) is -0.338. The third-order valence-electron chi connectivity index (χ3n) is 1.76. The Morgan fingerprint density at radius 2 is 2.07 bits per heavy atom. The van der Waals surface area contributed by atoms with E-state index in [0.29, 0.717) is 6.07 Å². The maximum atomic E-state index is 13.1. The molecule has 0 heterocycles. The highest BCUT2D eigenvalue weighted by atomic mass is 79.9. The molecular weight excluding hydrogens is 274 g/mol. The standard InChI is InChI=1S/C9H7BrF2O3/c1-15-9(14)8(13)4-2-5(10)7(12)3-6(4)11/h2-3,8,13H,1H3. The number of halogens is 3. The summed E-state index contributed by atoms with van der Waals surface area (Å²) >= 11 is 2.81. The van der Waals surface area contributed by atoms with Crippen molar-refractivity contribution in [2.45, 2.75) is 6.10 Å². The van der Waals surface area contributed by atoms with E-state index in [1.807, 2.05) is 0 Å². The highest BCUT2D eigenvalue weighted by molar-refractivity contribution is 9.10. The van der Waals surface area contributed by atoms with Crippen molar-refractivity contribution in [2.24, 2.45) is 0 Å². The molecule has 0 aliphatic rings. The van der Waals surface area contributed by atoms with Crippen molar-refractivity contribution in [3.8, 4) is 0 Å². The number of rotatable bonds is 2. The van der Waals surface area contributed by atoms with Crippen LogP contribution in [0.25, 0.3) is 0 Å². The van der Waals surface area contributed by atoms with Crippen molar-refractivity contribution >= 4 is 21.9 Å². The molecule has 0 aromatic heterocycles. The zero-order valence-corrected chi connectivity index (χ0v) is 9.22. The van der Waals surface area contributed by atoms with Crippen LogP contribution in [0.1, 0.15) is 11.7 Å². The van der Waals surface area contributed by atoms with Crippen LogP contribution < -0.4 is 0 Å². The Morgan fingerprint density at radius 1 is 1.47 bits per heavy atom. The first-order valence-corrected chi connectivity index (χ1v) is 4.67. The predicted octanol–water partition coefficient (Wildman–Crippen LogP) is 1.93. The second-order valence-electron chi connectivity index (χ2n) is 2.71. The van der Waals surface area contributed by atoms with E-state index in [-0.39, 0.29) is 10.0 Å². The van der Waals surface area contributed by atoms with Gasteiger partial charge in [-0.2, -0.15) is 0 Å². The van der Waals surface area contributed by atoms with Crippen molar-refractivity contribution in [1.82, 2.24) is 0 Å². The van der Waals surface area contributed by atoms with Gasteiger partial charge in [-0.1, -0.05) is 0 Å². The predicted molar refractivity (Wildman–Crippen MR) is 51.0 cm³/mol. The summed E-state index contributed by atoms with van der Waals surface area (Å²) in [5.74, 6) is -2.82. The lowest BCUT2D eigenvalue weighted by atomic mass is 10.1. The van der Waals surface area contributed by atoms with Crippen molar-refractivity contribution in [3.63, 3.8) is 0 Å². The fourth-order valence-corrected chi connectivity index (χ4v) is 1.35. The van der Waals surface area contributed by atoms with Crippen LogP contribution >= 0.6 is 15.9 Å². The van der Waals surface area contributed by atoms with Crippen LogP contribution in [0.2, 0.25) is 0 Å². The second-order valence-corrected chi connectivity index (χ2v) is 3.57. The number of hydrogen-bond acceptors (Lipinski definition) is 3. The van der Waals surface area contributed by atoms with E-state index < -0.39 is 23.7 Å². The summed E-state index contributed by atoms with van der Waals surface area (Å²) in [6, 6.07) is 1.57. The van der Waals surface area contributed by atoms with Crippen LogP contribution in [0.4, 0.5) is 8.78 Å². The Labute approximate surface area is 92.8 Å².